The third kappa shape index (κ3) is 3.33. The van der Waals surface area contributed by atoms with E-state index in [0.717, 1.165) is 5.57 Å². The Kier molecular flexibility index (Phi) is 5.71. The van der Waals surface area contributed by atoms with E-state index in [4.69, 9.17) is 14.2 Å². The van der Waals surface area contributed by atoms with E-state index < -0.39 is 47.3 Å². The summed E-state index contributed by atoms with van der Waals surface area (Å²) >= 11 is 0. The SMILES string of the molecule is C=C1[C@@H]2O[C@@H]3C=C(C)C(OC(=O)CC(C)C)C[C@]3(COC(C)=O)[C@@]1(C)C(O)C2O. The van der Waals surface area contributed by atoms with Crippen molar-refractivity contribution < 1.29 is 34.0 Å². The lowest BCUT2D eigenvalue weighted by Crippen LogP contribution is -2.61. The lowest BCUT2D eigenvalue weighted by molar-refractivity contribution is -0.188. The van der Waals surface area contributed by atoms with E-state index in [1.807, 2.05) is 33.8 Å². The van der Waals surface area contributed by atoms with Crippen molar-refractivity contribution in [3.63, 3.8) is 0 Å². The van der Waals surface area contributed by atoms with E-state index in [9.17, 15) is 19.8 Å². The fourth-order valence-electron chi connectivity index (χ4n) is 5.12. The van der Waals surface area contributed by atoms with E-state index >= 15 is 0 Å². The van der Waals surface area contributed by atoms with Crippen LogP contribution in [0.15, 0.2) is 23.8 Å². The topological polar surface area (TPSA) is 102 Å². The van der Waals surface area contributed by atoms with Crippen LogP contribution in [0.3, 0.4) is 0 Å². The zero-order valence-electron chi connectivity index (χ0n) is 17.8. The molecule has 2 N–H and O–H groups in total. The molecule has 1 saturated carbocycles. The molecule has 1 aliphatic heterocycles. The van der Waals surface area contributed by atoms with Crippen molar-refractivity contribution in [2.24, 2.45) is 16.7 Å². The molecule has 2 aliphatic carbocycles. The minimum Gasteiger partial charge on any atom is -0.465 e. The summed E-state index contributed by atoms with van der Waals surface area (Å²) in [7, 11) is 0. The van der Waals surface area contributed by atoms with E-state index in [0.29, 0.717) is 18.4 Å². The first-order chi connectivity index (χ1) is 13.4. The number of aliphatic hydroxyl groups excluding tert-OH is 2. The molecular formula is C22H32O7. The number of carbonyl (C=O) groups is 2. The Morgan fingerprint density at radius 1 is 1.38 bits per heavy atom. The summed E-state index contributed by atoms with van der Waals surface area (Å²) in [6.45, 7) is 13.0. The standard InChI is InChI=1S/C22H32O7/c1-11(2)7-17(24)28-15-9-22(10-27-14(5)23)16(8-12(15)3)29-19-13(4)21(22,6)20(26)18(19)25/h8,11,15-16,18-20,25-26H,4,7,9-10H2,1-3,5-6H3/t15?,16-,18?,19+,20?,21-,22-/m1/s1. The molecule has 1 heterocycles. The number of hydrogen-bond acceptors (Lipinski definition) is 7. The van der Waals surface area contributed by atoms with Gasteiger partial charge >= 0.3 is 11.9 Å². The molecule has 0 amide bonds. The Morgan fingerprint density at radius 2 is 2.03 bits per heavy atom. The summed E-state index contributed by atoms with van der Waals surface area (Å²) in [6, 6.07) is 0. The van der Waals surface area contributed by atoms with Crippen LogP contribution >= 0.6 is 0 Å². The van der Waals surface area contributed by atoms with Gasteiger partial charge in [0, 0.05) is 30.6 Å². The first kappa shape index (κ1) is 22.0. The molecule has 3 unspecified atom stereocenters. The quantitative estimate of drug-likeness (QED) is 0.529. The molecule has 0 aromatic carbocycles. The number of aliphatic hydroxyl groups is 2. The largest absolute Gasteiger partial charge is 0.465 e. The van der Waals surface area contributed by atoms with Crippen LogP contribution in [-0.4, -0.2) is 59.3 Å². The van der Waals surface area contributed by atoms with Crippen molar-refractivity contribution >= 4 is 11.9 Å². The van der Waals surface area contributed by atoms with Crippen LogP contribution in [0.1, 0.15) is 47.5 Å². The maximum Gasteiger partial charge on any atom is 0.306 e. The molecule has 162 valence electrons. The van der Waals surface area contributed by atoms with Gasteiger partial charge in [0.05, 0.1) is 12.2 Å². The molecule has 7 nitrogen and oxygen atoms in total. The van der Waals surface area contributed by atoms with Crippen LogP contribution in [0.4, 0.5) is 0 Å². The number of hydrogen-bond donors (Lipinski definition) is 2. The van der Waals surface area contributed by atoms with Crippen molar-refractivity contribution in [3.05, 3.63) is 23.8 Å². The highest BCUT2D eigenvalue weighted by Crippen LogP contribution is 2.64. The van der Waals surface area contributed by atoms with Crippen LogP contribution in [0.5, 0.6) is 0 Å². The third-order valence-electron chi connectivity index (χ3n) is 6.96. The molecule has 0 spiro atoms. The minimum absolute atomic E-state index is 0.0406. The van der Waals surface area contributed by atoms with E-state index in [1.165, 1.54) is 6.92 Å². The van der Waals surface area contributed by atoms with Gasteiger partial charge in [-0.3, -0.25) is 9.59 Å². The first-order valence-electron chi connectivity index (χ1n) is 10.2. The summed E-state index contributed by atoms with van der Waals surface area (Å²) in [5.41, 5.74) is -0.494. The third-order valence-corrected chi connectivity index (χ3v) is 6.96. The fourth-order valence-corrected chi connectivity index (χ4v) is 5.12. The van der Waals surface area contributed by atoms with Gasteiger partial charge < -0.3 is 24.4 Å². The normalized spacial score (nSPS) is 41.0. The van der Waals surface area contributed by atoms with Crippen molar-refractivity contribution in [1.29, 1.82) is 0 Å². The van der Waals surface area contributed by atoms with Gasteiger partial charge in [-0.2, -0.15) is 0 Å². The van der Waals surface area contributed by atoms with E-state index in [2.05, 4.69) is 6.58 Å². The Balaban J connectivity index is 2.02. The number of fused-ring (bicyclic) bond motifs is 4. The molecule has 1 saturated heterocycles. The lowest BCUT2D eigenvalue weighted by atomic mass is 9.53. The van der Waals surface area contributed by atoms with Crippen LogP contribution < -0.4 is 0 Å². The lowest BCUT2D eigenvalue weighted by Gasteiger charge is -2.57. The maximum atomic E-state index is 12.3. The highest BCUT2D eigenvalue weighted by molar-refractivity contribution is 5.70. The van der Waals surface area contributed by atoms with Gasteiger partial charge in [0.25, 0.3) is 0 Å². The summed E-state index contributed by atoms with van der Waals surface area (Å²) < 4.78 is 17.3. The summed E-state index contributed by atoms with van der Waals surface area (Å²) in [6.07, 6.45) is -1.56. The van der Waals surface area contributed by atoms with Gasteiger partial charge in [0.15, 0.2) is 0 Å². The molecule has 7 heteroatoms. The van der Waals surface area contributed by atoms with Crippen LogP contribution in [0, 0.1) is 16.7 Å². The van der Waals surface area contributed by atoms with Crippen LogP contribution in [0.2, 0.25) is 0 Å². The molecule has 3 rings (SSSR count). The van der Waals surface area contributed by atoms with Gasteiger partial charge in [-0.1, -0.05) is 33.4 Å². The highest BCUT2D eigenvalue weighted by Gasteiger charge is 2.71. The number of ether oxygens (including phenoxy) is 3. The van der Waals surface area contributed by atoms with Gasteiger partial charge in [0.1, 0.15) is 24.9 Å². The first-order valence-corrected chi connectivity index (χ1v) is 10.2. The second-order valence-electron chi connectivity index (χ2n) is 9.27. The van der Waals surface area contributed by atoms with Crippen molar-refractivity contribution in [2.45, 2.75) is 78.0 Å². The van der Waals surface area contributed by atoms with Crippen molar-refractivity contribution in [1.82, 2.24) is 0 Å². The zero-order chi connectivity index (χ0) is 21.7. The predicted octanol–water partition coefficient (Wildman–Crippen LogP) is 1.91. The van der Waals surface area contributed by atoms with Crippen molar-refractivity contribution in [3.8, 4) is 0 Å². The van der Waals surface area contributed by atoms with Crippen LogP contribution in [-0.2, 0) is 23.8 Å². The van der Waals surface area contributed by atoms with E-state index in [1.54, 1.807) is 0 Å². The Hall–Kier alpha value is -1.70. The van der Waals surface area contributed by atoms with Gasteiger partial charge in [-0.15, -0.1) is 0 Å². The summed E-state index contributed by atoms with van der Waals surface area (Å²) in [4.78, 5) is 24.0. The number of carbonyl (C=O) groups excluding carboxylic acids is 2. The predicted molar refractivity (Wildman–Crippen MR) is 105 cm³/mol. The molecule has 7 atom stereocenters. The monoisotopic (exact) mass is 408 g/mol. The molecule has 2 fully saturated rings. The second-order valence-corrected chi connectivity index (χ2v) is 9.27. The molecular weight excluding hydrogens is 376 g/mol. The highest BCUT2D eigenvalue weighted by atomic mass is 16.6. The molecule has 0 aromatic rings. The molecule has 0 radical (unpaired) electrons. The summed E-state index contributed by atoms with van der Waals surface area (Å²) in [5, 5.41) is 21.5. The van der Waals surface area contributed by atoms with Gasteiger partial charge in [-0.25, -0.2) is 0 Å². The minimum atomic E-state index is -1.14. The van der Waals surface area contributed by atoms with Crippen molar-refractivity contribution in [2.75, 3.05) is 6.61 Å². The molecule has 0 aromatic heterocycles. The number of esters is 2. The Labute approximate surface area is 171 Å². The second kappa shape index (κ2) is 7.52. The fraction of sp³-hybridized carbons (Fsp3) is 0.727. The maximum absolute atomic E-state index is 12.3. The van der Waals surface area contributed by atoms with E-state index in [-0.39, 0.29) is 18.5 Å². The average molecular weight is 408 g/mol. The molecule has 29 heavy (non-hydrogen) atoms. The summed E-state index contributed by atoms with van der Waals surface area (Å²) in [5.74, 6) is -0.590. The average Bonchev–Trinajstić information content (AvgIpc) is 2.73. The molecule has 3 aliphatic rings. The molecule has 2 bridgehead atoms. The number of rotatable bonds is 5. The van der Waals surface area contributed by atoms with Crippen LogP contribution in [0.25, 0.3) is 0 Å². The zero-order valence-corrected chi connectivity index (χ0v) is 17.8. The van der Waals surface area contributed by atoms with Gasteiger partial charge in [0.2, 0.25) is 0 Å². The Bertz CT molecular complexity index is 741. The Morgan fingerprint density at radius 3 is 2.62 bits per heavy atom. The van der Waals surface area contributed by atoms with Gasteiger partial charge in [-0.05, 0) is 24.0 Å². The smallest absolute Gasteiger partial charge is 0.306 e.